The lowest BCUT2D eigenvalue weighted by Crippen LogP contribution is -2.14. The fraction of sp³-hybridized carbons (Fsp3) is 0.125. The fourth-order valence-corrected chi connectivity index (χ4v) is 2.85. The van der Waals surface area contributed by atoms with Crippen molar-refractivity contribution in [3.05, 3.63) is 52.8 Å². The second-order valence-corrected chi connectivity index (χ2v) is 7.67. The number of rotatable bonds is 4. The van der Waals surface area contributed by atoms with E-state index < -0.39 is 27.5 Å². The summed E-state index contributed by atoms with van der Waals surface area (Å²) in [5, 5.41) is 4.84. The zero-order valence-electron chi connectivity index (χ0n) is 13.3. The van der Waals surface area contributed by atoms with Gasteiger partial charge in [0.25, 0.3) is 5.91 Å². The number of carbonyl (C=O) groups is 2. The third-order valence-electron chi connectivity index (χ3n) is 3.15. The Morgan fingerprint density at radius 1 is 1.08 bits per heavy atom. The van der Waals surface area contributed by atoms with Crippen LogP contribution in [0.2, 0.25) is 5.02 Å². The molecule has 9 heteroatoms. The van der Waals surface area contributed by atoms with Gasteiger partial charge in [-0.2, -0.15) is 0 Å². The molecule has 0 atom stereocenters. The highest BCUT2D eigenvalue weighted by Crippen LogP contribution is 2.24. The quantitative estimate of drug-likeness (QED) is 0.847. The highest BCUT2D eigenvalue weighted by molar-refractivity contribution is 7.90. The van der Waals surface area contributed by atoms with Crippen molar-refractivity contribution in [2.75, 3.05) is 16.9 Å². The number of amides is 2. The minimum absolute atomic E-state index is 0.0463. The maximum Gasteiger partial charge on any atom is 0.257 e. The average Bonchev–Trinajstić information content (AvgIpc) is 2.49. The molecule has 6 nitrogen and oxygen atoms in total. The number of sulfone groups is 1. The normalized spacial score (nSPS) is 11.0. The fourth-order valence-electron chi connectivity index (χ4n) is 2.00. The Morgan fingerprint density at radius 2 is 1.76 bits per heavy atom. The Labute approximate surface area is 148 Å². The summed E-state index contributed by atoms with van der Waals surface area (Å²) in [7, 11) is -3.51. The van der Waals surface area contributed by atoms with E-state index in [4.69, 9.17) is 11.6 Å². The van der Waals surface area contributed by atoms with Gasteiger partial charge in [-0.3, -0.25) is 9.59 Å². The molecule has 0 radical (unpaired) electrons. The van der Waals surface area contributed by atoms with E-state index in [0.717, 1.165) is 18.4 Å². The molecular weight excluding hydrogens is 371 g/mol. The first-order chi connectivity index (χ1) is 11.6. The van der Waals surface area contributed by atoms with Crippen molar-refractivity contribution in [1.29, 1.82) is 0 Å². The summed E-state index contributed by atoms with van der Waals surface area (Å²) in [5.74, 6) is -1.80. The van der Waals surface area contributed by atoms with E-state index in [-0.39, 0.29) is 26.9 Å². The lowest BCUT2D eigenvalue weighted by molar-refractivity contribution is -0.114. The molecular formula is C16H14ClFN2O4S. The van der Waals surface area contributed by atoms with Crippen LogP contribution in [0.4, 0.5) is 15.8 Å². The van der Waals surface area contributed by atoms with Crippen LogP contribution in [-0.4, -0.2) is 26.5 Å². The number of hydrogen-bond acceptors (Lipinski definition) is 4. The van der Waals surface area contributed by atoms with Gasteiger partial charge in [0.1, 0.15) is 5.82 Å². The van der Waals surface area contributed by atoms with Gasteiger partial charge in [0.05, 0.1) is 21.2 Å². The Hall–Kier alpha value is -2.45. The van der Waals surface area contributed by atoms with E-state index in [9.17, 15) is 22.4 Å². The zero-order chi connectivity index (χ0) is 18.8. The lowest BCUT2D eigenvalue weighted by atomic mass is 10.2. The van der Waals surface area contributed by atoms with Crippen molar-refractivity contribution in [1.82, 2.24) is 0 Å². The van der Waals surface area contributed by atoms with Gasteiger partial charge in [-0.1, -0.05) is 11.6 Å². The summed E-state index contributed by atoms with van der Waals surface area (Å²) in [6.45, 7) is 1.22. The molecule has 0 aliphatic rings. The molecule has 2 rings (SSSR count). The maximum absolute atomic E-state index is 13.6. The van der Waals surface area contributed by atoms with Crippen LogP contribution >= 0.6 is 11.6 Å². The van der Waals surface area contributed by atoms with Crippen molar-refractivity contribution >= 4 is 44.6 Å². The second-order valence-electron chi connectivity index (χ2n) is 5.24. The minimum Gasteiger partial charge on any atom is -0.324 e. The Kier molecular flexibility index (Phi) is 5.44. The van der Waals surface area contributed by atoms with Crippen LogP contribution in [0.15, 0.2) is 41.3 Å². The Balaban J connectivity index is 2.33. The van der Waals surface area contributed by atoms with Crippen LogP contribution < -0.4 is 10.6 Å². The monoisotopic (exact) mass is 384 g/mol. The topological polar surface area (TPSA) is 92.3 Å². The molecule has 2 amide bonds. The molecule has 0 fully saturated rings. The summed E-state index contributed by atoms with van der Waals surface area (Å²) in [6.07, 6.45) is 1.01. The number of benzene rings is 2. The van der Waals surface area contributed by atoms with E-state index in [1.807, 2.05) is 0 Å². The van der Waals surface area contributed by atoms with Gasteiger partial charge in [0.2, 0.25) is 5.91 Å². The van der Waals surface area contributed by atoms with Gasteiger partial charge >= 0.3 is 0 Å². The largest absolute Gasteiger partial charge is 0.324 e. The van der Waals surface area contributed by atoms with Crippen LogP contribution in [0.1, 0.15) is 17.3 Å². The van der Waals surface area contributed by atoms with E-state index >= 15 is 0 Å². The van der Waals surface area contributed by atoms with Gasteiger partial charge in [-0.05, 0) is 36.4 Å². The first-order valence-corrected chi connectivity index (χ1v) is 9.23. The van der Waals surface area contributed by atoms with Crippen LogP contribution in [0, 0.1) is 5.82 Å². The van der Waals surface area contributed by atoms with Gasteiger partial charge in [0.15, 0.2) is 9.84 Å². The lowest BCUT2D eigenvalue weighted by Gasteiger charge is -2.10. The molecule has 0 aliphatic carbocycles. The summed E-state index contributed by atoms with van der Waals surface area (Å²) in [4.78, 5) is 23.4. The van der Waals surface area contributed by atoms with Gasteiger partial charge in [0, 0.05) is 18.9 Å². The Morgan fingerprint density at radius 3 is 2.36 bits per heavy atom. The molecule has 0 saturated heterocycles. The summed E-state index contributed by atoms with van der Waals surface area (Å²) < 4.78 is 36.8. The summed E-state index contributed by atoms with van der Waals surface area (Å²) in [6, 6.07) is 7.37. The number of carbonyl (C=O) groups excluding carboxylic acids is 2. The standard InChI is InChI=1S/C16H14ClFN2O4S/c1-9(21)19-15-7-10(3-6-14(15)18)20-16(22)12-8-11(25(2,23)24)4-5-13(12)17/h3-8H,1-2H3,(H,19,21)(H,20,22). The Bertz CT molecular complexity index is 961. The third-order valence-corrected chi connectivity index (χ3v) is 4.59. The predicted octanol–water partition coefficient (Wildman–Crippen LogP) is 3.09. The number of anilines is 2. The SMILES string of the molecule is CC(=O)Nc1cc(NC(=O)c2cc(S(C)(=O)=O)ccc2Cl)ccc1F. The first kappa shape index (κ1) is 18.9. The highest BCUT2D eigenvalue weighted by Gasteiger charge is 2.16. The molecule has 132 valence electrons. The smallest absolute Gasteiger partial charge is 0.257 e. The maximum atomic E-state index is 13.6. The average molecular weight is 385 g/mol. The van der Waals surface area contributed by atoms with Crippen molar-refractivity contribution < 1.29 is 22.4 Å². The van der Waals surface area contributed by atoms with Gasteiger partial charge < -0.3 is 10.6 Å². The van der Waals surface area contributed by atoms with Crippen molar-refractivity contribution in [3.63, 3.8) is 0 Å². The van der Waals surface area contributed by atoms with Gasteiger partial charge in [-0.25, -0.2) is 12.8 Å². The molecule has 2 N–H and O–H groups in total. The first-order valence-electron chi connectivity index (χ1n) is 6.96. The molecule has 0 unspecified atom stereocenters. The van der Waals surface area contributed by atoms with E-state index in [0.29, 0.717) is 0 Å². The van der Waals surface area contributed by atoms with Crippen molar-refractivity contribution in [3.8, 4) is 0 Å². The number of nitrogens with one attached hydrogen (secondary N) is 2. The summed E-state index contributed by atoms with van der Waals surface area (Å²) >= 11 is 5.96. The molecule has 2 aromatic rings. The molecule has 0 saturated carbocycles. The molecule has 2 aromatic carbocycles. The van der Waals surface area contributed by atoms with Crippen molar-refractivity contribution in [2.45, 2.75) is 11.8 Å². The van der Waals surface area contributed by atoms with Crippen LogP contribution in [-0.2, 0) is 14.6 Å². The molecule has 0 spiro atoms. The van der Waals surface area contributed by atoms with E-state index in [1.165, 1.54) is 31.2 Å². The predicted molar refractivity (Wildman–Crippen MR) is 93.2 cm³/mol. The minimum atomic E-state index is -3.51. The molecule has 0 heterocycles. The summed E-state index contributed by atoms with van der Waals surface area (Å²) in [5.41, 5.74) is 0.0623. The van der Waals surface area contributed by atoms with E-state index in [1.54, 1.807) is 0 Å². The third kappa shape index (κ3) is 4.77. The van der Waals surface area contributed by atoms with Gasteiger partial charge in [-0.15, -0.1) is 0 Å². The molecule has 25 heavy (non-hydrogen) atoms. The zero-order valence-corrected chi connectivity index (χ0v) is 14.8. The van der Waals surface area contributed by atoms with Crippen molar-refractivity contribution in [2.24, 2.45) is 0 Å². The second kappa shape index (κ2) is 7.20. The molecule has 0 aromatic heterocycles. The van der Waals surface area contributed by atoms with E-state index in [2.05, 4.69) is 10.6 Å². The molecule has 0 bridgehead atoms. The van der Waals surface area contributed by atoms with Crippen LogP contribution in [0.5, 0.6) is 0 Å². The number of hydrogen-bond donors (Lipinski definition) is 2. The molecule has 0 aliphatic heterocycles. The van der Waals surface area contributed by atoms with Crippen LogP contribution in [0.3, 0.4) is 0 Å². The van der Waals surface area contributed by atoms with Crippen LogP contribution in [0.25, 0.3) is 0 Å². The highest BCUT2D eigenvalue weighted by atomic mass is 35.5. The number of halogens is 2.